The van der Waals surface area contributed by atoms with Crippen molar-refractivity contribution in [3.8, 4) is 23.8 Å². The van der Waals surface area contributed by atoms with Crippen LogP contribution in [0.25, 0.3) is 0 Å². The summed E-state index contributed by atoms with van der Waals surface area (Å²) in [5.41, 5.74) is 1.05. The maximum atomic E-state index is 5.54. The van der Waals surface area contributed by atoms with Gasteiger partial charge in [0, 0.05) is 12.6 Å². The summed E-state index contributed by atoms with van der Waals surface area (Å²) in [6, 6.07) is 6.34. The minimum atomic E-state index is 0.217. The minimum absolute atomic E-state index is 0.217. The van der Waals surface area contributed by atoms with Crippen LogP contribution < -0.4 is 20.1 Å². The smallest absolute Gasteiger partial charge is 0.191 e. The van der Waals surface area contributed by atoms with Gasteiger partial charge in [0.2, 0.25) is 0 Å². The summed E-state index contributed by atoms with van der Waals surface area (Å²) < 4.78 is 10.8. The van der Waals surface area contributed by atoms with Gasteiger partial charge in [-0.15, -0.1) is 6.42 Å². The Hall–Kier alpha value is -2.35. The van der Waals surface area contributed by atoms with Crippen LogP contribution in [0.15, 0.2) is 23.2 Å². The number of rotatable bonds is 7. The number of hydrogen-bond acceptors (Lipinski definition) is 3. The Bertz CT molecular complexity index is 587. The Morgan fingerprint density at radius 2 is 2.12 bits per heavy atom. The van der Waals surface area contributed by atoms with Crippen LogP contribution in [0.3, 0.4) is 0 Å². The lowest BCUT2D eigenvalue weighted by Crippen LogP contribution is -2.42. The Morgan fingerprint density at radius 1 is 1.33 bits per heavy atom. The molecule has 0 radical (unpaired) electrons. The average Bonchev–Trinajstić information content (AvgIpc) is 3.11. The van der Waals surface area contributed by atoms with E-state index < -0.39 is 0 Å². The summed E-state index contributed by atoms with van der Waals surface area (Å²) in [7, 11) is 1.62. The van der Waals surface area contributed by atoms with Crippen molar-refractivity contribution in [1.82, 2.24) is 10.6 Å². The van der Waals surface area contributed by atoms with E-state index in [1.807, 2.05) is 18.2 Å². The van der Waals surface area contributed by atoms with Gasteiger partial charge in [0.1, 0.15) is 6.61 Å². The van der Waals surface area contributed by atoms with E-state index in [9.17, 15) is 0 Å². The molecule has 0 aromatic heterocycles. The standard InChI is InChI=1S/C19H27N3O2/c1-4-12-24-18-13-15(10-11-17(18)23-3)14-21-19(20-5-2)22-16-8-6-7-9-16/h1,10-11,13,16H,5-9,12,14H2,2-3H3,(H2,20,21,22). The molecule has 1 aliphatic rings. The zero-order valence-electron chi connectivity index (χ0n) is 14.6. The highest BCUT2D eigenvalue weighted by atomic mass is 16.5. The highest BCUT2D eigenvalue weighted by molar-refractivity contribution is 5.80. The number of nitrogens with one attached hydrogen (secondary N) is 2. The molecular weight excluding hydrogens is 302 g/mol. The Balaban J connectivity index is 2.04. The second-order valence-corrected chi connectivity index (χ2v) is 5.80. The summed E-state index contributed by atoms with van der Waals surface area (Å²) >= 11 is 0. The van der Waals surface area contributed by atoms with Gasteiger partial charge < -0.3 is 20.1 Å². The highest BCUT2D eigenvalue weighted by Crippen LogP contribution is 2.28. The van der Waals surface area contributed by atoms with Crippen molar-refractivity contribution >= 4 is 5.96 Å². The Kier molecular flexibility index (Phi) is 7.28. The second-order valence-electron chi connectivity index (χ2n) is 5.80. The van der Waals surface area contributed by atoms with Gasteiger partial charge in [0.05, 0.1) is 13.7 Å². The number of hydrogen-bond donors (Lipinski definition) is 2. The molecule has 0 spiro atoms. The van der Waals surface area contributed by atoms with Gasteiger partial charge in [-0.1, -0.05) is 24.8 Å². The van der Waals surface area contributed by atoms with Crippen LogP contribution in [0.5, 0.6) is 11.5 Å². The summed E-state index contributed by atoms with van der Waals surface area (Å²) in [6.45, 7) is 3.70. The SMILES string of the molecule is C#CCOc1cc(CN=C(NCC)NC2CCCC2)ccc1OC. The molecule has 5 heteroatoms. The van der Waals surface area contributed by atoms with Crippen LogP contribution in [0.1, 0.15) is 38.2 Å². The van der Waals surface area contributed by atoms with Crippen molar-refractivity contribution in [2.24, 2.45) is 4.99 Å². The molecule has 1 aromatic carbocycles. The summed E-state index contributed by atoms with van der Waals surface area (Å²) in [5, 5.41) is 6.82. The first-order valence-electron chi connectivity index (χ1n) is 8.54. The van der Waals surface area contributed by atoms with Gasteiger partial charge in [-0.25, -0.2) is 4.99 Å². The molecule has 130 valence electrons. The molecule has 1 saturated carbocycles. The molecule has 0 bridgehead atoms. The van der Waals surface area contributed by atoms with Crippen LogP contribution in [0, 0.1) is 12.3 Å². The summed E-state index contributed by atoms with van der Waals surface area (Å²) in [5.74, 6) is 4.66. The van der Waals surface area contributed by atoms with Gasteiger partial charge in [-0.2, -0.15) is 0 Å². The first-order valence-corrected chi connectivity index (χ1v) is 8.54. The number of methoxy groups -OCH3 is 1. The third kappa shape index (κ3) is 5.38. The third-order valence-corrected chi connectivity index (χ3v) is 4.00. The van der Waals surface area contributed by atoms with Crippen LogP contribution in [-0.4, -0.2) is 32.3 Å². The molecule has 1 aliphatic carbocycles. The lowest BCUT2D eigenvalue weighted by atomic mass is 10.2. The lowest BCUT2D eigenvalue weighted by Gasteiger charge is -2.16. The molecule has 0 aliphatic heterocycles. The number of aliphatic imine (C=N–C) groups is 1. The molecule has 1 aromatic rings. The predicted molar refractivity (Wildman–Crippen MR) is 97.5 cm³/mol. The number of terminal acetylenes is 1. The molecule has 2 N–H and O–H groups in total. The molecule has 2 rings (SSSR count). The first-order chi connectivity index (χ1) is 11.8. The van der Waals surface area contributed by atoms with Crippen molar-refractivity contribution in [3.63, 3.8) is 0 Å². The van der Waals surface area contributed by atoms with Crippen molar-refractivity contribution in [3.05, 3.63) is 23.8 Å². The van der Waals surface area contributed by atoms with Gasteiger partial charge in [-0.05, 0) is 37.5 Å². The van der Waals surface area contributed by atoms with E-state index in [-0.39, 0.29) is 6.61 Å². The van der Waals surface area contributed by atoms with E-state index in [2.05, 4.69) is 28.5 Å². The normalized spacial score (nSPS) is 15.0. The van der Waals surface area contributed by atoms with Gasteiger partial charge >= 0.3 is 0 Å². The molecule has 1 fully saturated rings. The monoisotopic (exact) mass is 329 g/mol. The minimum Gasteiger partial charge on any atom is -0.493 e. The quantitative estimate of drug-likeness (QED) is 0.459. The number of guanidine groups is 1. The molecule has 0 amide bonds. The summed E-state index contributed by atoms with van der Waals surface area (Å²) in [4.78, 5) is 4.68. The molecule has 0 heterocycles. The lowest BCUT2D eigenvalue weighted by molar-refractivity contribution is 0.330. The van der Waals surface area contributed by atoms with Crippen molar-refractivity contribution < 1.29 is 9.47 Å². The topological polar surface area (TPSA) is 54.9 Å². The molecule has 5 nitrogen and oxygen atoms in total. The molecular formula is C19H27N3O2. The highest BCUT2D eigenvalue weighted by Gasteiger charge is 2.15. The van der Waals surface area contributed by atoms with Crippen molar-refractivity contribution in [2.45, 2.75) is 45.2 Å². The van der Waals surface area contributed by atoms with Crippen LogP contribution in [0.4, 0.5) is 0 Å². The van der Waals surface area contributed by atoms with E-state index in [0.29, 0.717) is 24.1 Å². The fraction of sp³-hybridized carbons (Fsp3) is 0.526. The van der Waals surface area contributed by atoms with Gasteiger partial charge in [-0.3, -0.25) is 0 Å². The maximum absolute atomic E-state index is 5.54. The number of nitrogens with zero attached hydrogens (tertiary/aromatic N) is 1. The largest absolute Gasteiger partial charge is 0.493 e. The predicted octanol–water partition coefficient (Wildman–Crippen LogP) is 2.70. The van der Waals surface area contributed by atoms with Crippen LogP contribution >= 0.6 is 0 Å². The average molecular weight is 329 g/mol. The molecule has 0 atom stereocenters. The molecule has 24 heavy (non-hydrogen) atoms. The van der Waals surface area contributed by atoms with Gasteiger partial charge in [0.25, 0.3) is 0 Å². The van der Waals surface area contributed by atoms with E-state index in [4.69, 9.17) is 15.9 Å². The third-order valence-electron chi connectivity index (χ3n) is 4.00. The number of benzene rings is 1. The number of ether oxygens (including phenoxy) is 2. The molecule has 0 unspecified atom stereocenters. The fourth-order valence-corrected chi connectivity index (χ4v) is 2.81. The van der Waals surface area contributed by atoms with Crippen molar-refractivity contribution in [1.29, 1.82) is 0 Å². The van der Waals surface area contributed by atoms with E-state index in [1.165, 1.54) is 25.7 Å². The van der Waals surface area contributed by atoms with Gasteiger partial charge in [0.15, 0.2) is 17.5 Å². The zero-order chi connectivity index (χ0) is 17.2. The molecule has 0 saturated heterocycles. The fourth-order valence-electron chi connectivity index (χ4n) is 2.81. The van der Waals surface area contributed by atoms with Crippen molar-refractivity contribution in [2.75, 3.05) is 20.3 Å². The summed E-state index contributed by atoms with van der Waals surface area (Å²) in [6.07, 6.45) is 10.3. The van der Waals surface area contributed by atoms with E-state index in [1.54, 1.807) is 7.11 Å². The van der Waals surface area contributed by atoms with E-state index in [0.717, 1.165) is 18.1 Å². The Labute approximate surface area is 144 Å². The maximum Gasteiger partial charge on any atom is 0.191 e. The van der Waals surface area contributed by atoms with Crippen LogP contribution in [-0.2, 0) is 6.54 Å². The first kappa shape index (κ1) is 18.0. The second kappa shape index (κ2) is 9.71. The van der Waals surface area contributed by atoms with E-state index >= 15 is 0 Å². The zero-order valence-corrected chi connectivity index (χ0v) is 14.6. The Morgan fingerprint density at radius 3 is 2.79 bits per heavy atom. The van der Waals surface area contributed by atoms with Crippen LogP contribution in [0.2, 0.25) is 0 Å².